The molecule has 0 bridgehead atoms. The molecule has 0 spiro atoms. The molecular formula is C14H23FN2O. The number of likely N-dealkylation sites (N-methyl/N-ethyl adjacent to an activating group) is 1. The smallest absolute Gasteiger partial charge is 0.165 e. The molecule has 0 fully saturated rings. The SMILES string of the molecule is CC(C)C(CNCc1cccc(F)c1O)N(C)C. The molecule has 0 aliphatic heterocycles. The zero-order valence-electron chi connectivity index (χ0n) is 11.6. The van der Waals surface area contributed by atoms with E-state index in [1.54, 1.807) is 12.1 Å². The van der Waals surface area contributed by atoms with Crippen molar-refractivity contribution in [3.8, 4) is 5.75 Å². The molecular weight excluding hydrogens is 231 g/mol. The maximum atomic E-state index is 13.1. The number of para-hydroxylation sites is 1. The lowest BCUT2D eigenvalue weighted by molar-refractivity contribution is 0.224. The van der Waals surface area contributed by atoms with Crippen molar-refractivity contribution in [1.82, 2.24) is 10.2 Å². The Morgan fingerprint density at radius 3 is 2.56 bits per heavy atom. The molecule has 1 aromatic carbocycles. The summed E-state index contributed by atoms with van der Waals surface area (Å²) in [5.74, 6) is -0.285. The number of hydrogen-bond acceptors (Lipinski definition) is 3. The molecule has 0 aliphatic carbocycles. The number of halogens is 1. The molecule has 0 amide bonds. The van der Waals surface area contributed by atoms with Gasteiger partial charge in [-0.15, -0.1) is 0 Å². The third-order valence-electron chi connectivity index (χ3n) is 3.17. The van der Waals surface area contributed by atoms with Gasteiger partial charge in [0.25, 0.3) is 0 Å². The van der Waals surface area contributed by atoms with Crippen molar-refractivity contribution in [2.75, 3.05) is 20.6 Å². The van der Waals surface area contributed by atoms with E-state index in [9.17, 15) is 9.50 Å². The average Bonchev–Trinajstić information content (AvgIpc) is 2.28. The summed E-state index contributed by atoms with van der Waals surface area (Å²) < 4.78 is 13.1. The van der Waals surface area contributed by atoms with E-state index in [1.807, 2.05) is 14.1 Å². The number of benzene rings is 1. The fourth-order valence-electron chi connectivity index (χ4n) is 2.07. The molecule has 0 saturated carbocycles. The van der Waals surface area contributed by atoms with Crippen molar-refractivity contribution in [3.63, 3.8) is 0 Å². The zero-order chi connectivity index (χ0) is 13.7. The molecule has 0 aromatic heterocycles. The molecule has 2 N–H and O–H groups in total. The molecule has 1 aromatic rings. The summed E-state index contributed by atoms with van der Waals surface area (Å²) in [5.41, 5.74) is 0.594. The van der Waals surface area contributed by atoms with Crippen LogP contribution in [0.2, 0.25) is 0 Å². The molecule has 1 unspecified atom stereocenters. The minimum atomic E-state index is -0.567. The third-order valence-corrected chi connectivity index (χ3v) is 3.17. The Kier molecular flexibility index (Phi) is 5.56. The number of hydrogen-bond donors (Lipinski definition) is 2. The predicted octanol–water partition coefficient (Wildman–Crippen LogP) is 2.21. The van der Waals surface area contributed by atoms with Crippen molar-refractivity contribution in [2.24, 2.45) is 5.92 Å². The molecule has 0 heterocycles. The lowest BCUT2D eigenvalue weighted by Gasteiger charge is -2.28. The lowest BCUT2D eigenvalue weighted by atomic mass is 10.0. The predicted molar refractivity (Wildman–Crippen MR) is 72.1 cm³/mol. The highest BCUT2D eigenvalue weighted by Crippen LogP contribution is 2.20. The molecule has 4 heteroatoms. The van der Waals surface area contributed by atoms with Crippen molar-refractivity contribution in [3.05, 3.63) is 29.6 Å². The van der Waals surface area contributed by atoms with Gasteiger partial charge in [-0.05, 0) is 26.1 Å². The topological polar surface area (TPSA) is 35.5 Å². The Hall–Kier alpha value is -1.13. The van der Waals surface area contributed by atoms with Crippen LogP contribution in [0.3, 0.4) is 0 Å². The van der Waals surface area contributed by atoms with Gasteiger partial charge in [-0.3, -0.25) is 0 Å². The summed E-state index contributed by atoms with van der Waals surface area (Å²) in [5, 5.41) is 12.8. The van der Waals surface area contributed by atoms with Gasteiger partial charge < -0.3 is 15.3 Å². The standard InChI is InChI=1S/C14H23FN2O/c1-10(2)13(17(3)4)9-16-8-11-6-5-7-12(15)14(11)18/h5-7,10,13,16,18H,8-9H2,1-4H3. The molecule has 0 aliphatic rings. The first-order valence-corrected chi connectivity index (χ1v) is 6.27. The van der Waals surface area contributed by atoms with Gasteiger partial charge in [0.2, 0.25) is 0 Å². The highest BCUT2D eigenvalue weighted by molar-refractivity contribution is 5.33. The van der Waals surface area contributed by atoms with E-state index in [2.05, 4.69) is 24.1 Å². The average molecular weight is 254 g/mol. The Morgan fingerprint density at radius 2 is 2.00 bits per heavy atom. The first-order valence-electron chi connectivity index (χ1n) is 6.27. The van der Waals surface area contributed by atoms with Crippen LogP contribution < -0.4 is 5.32 Å². The van der Waals surface area contributed by atoms with Gasteiger partial charge in [0.05, 0.1) is 0 Å². The summed E-state index contributed by atoms with van der Waals surface area (Å²) in [6.45, 7) is 5.62. The van der Waals surface area contributed by atoms with Crippen LogP contribution in [0.5, 0.6) is 5.75 Å². The molecule has 3 nitrogen and oxygen atoms in total. The van der Waals surface area contributed by atoms with Gasteiger partial charge in [0.15, 0.2) is 11.6 Å². The largest absolute Gasteiger partial charge is 0.505 e. The fourth-order valence-corrected chi connectivity index (χ4v) is 2.07. The van der Waals surface area contributed by atoms with E-state index in [0.29, 0.717) is 24.1 Å². The number of nitrogens with zero attached hydrogens (tertiary/aromatic N) is 1. The van der Waals surface area contributed by atoms with Crippen LogP contribution in [0, 0.1) is 11.7 Å². The number of phenolic OH excluding ortho intramolecular Hbond substituents is 1. The van der Waals surface area contributed by atoms with E-state index in [-0.39, 0.29) is 5.75 Å². The zero-order valence-corrected chi connectivity index (χ0v) is 11.6. The summed E-state index contributed by atoms with van der Waals surface area (Å²) in [6, 6.07) is 5.01. The lowest BCUT2D eigenvalue weighted by Crippen LogP contribution is -2.41. The van der Waals surface area contributed by atoms with E-state index in [0.717, 1.165) is 6.54 Å². The van der Waals surface area contributed by atoms with Gasteiger partial charge in [-0.25, -0.2) is 4.39 Å². The summed E-state index contributed by atoms with van der Waals surface area (Å²) in [7, 11) is 4.10. The van der Waals surface area contributed by atoms with E-state index in [1.165, 1.54) is 6.07 Å². The second-order valence-electron chi connectivity index (χ2n) is 5.15. The minimum absolute atomic E-state index is 0.254. The van der Waals surface area contributed by atoms with Crippen LogP contribution in [-0.4, -0.2) is 36.7 Å². The molecule has 102 valence electrons. The normalized spacial score (nSPS) is 13.3. The Bertz CT molecular complexity index is 372. The highest BCUT2D eigenvalue weighted by Gasteiger charge is 2.15. The van der Waals surface area contributed by atoms with Crippen LogP contribution >= 0.6 is 0 Å². The number of rotatable bonds is 6. The van der Waals surface area contributed by atoms with E-state index < -0.39 is 5.82 Å². The molecule has 18 heavy (non-hydrogen) atoms. The van der Waals surface area contributed by atoms with Crippen molar-refractivity contribution in [2.45, 2.75) is 26.4 Å². The first-order chi connectivity index (χ1) is 8.43. The summed E-state index contributed by atoms with van der Waals surface area (Å²) in [4.78, 5) is 2.17. The highest BCUT2D eigenvalue weighted by atomic mass is 19.1. The second kappa shape index (κ2) is 6.71. The summed E-state index contributed by atoms with van der Waals surface area (Å²) in [6.07, 6.45) is 0. The van der Waals surface area contributed by atoms with Crippen LogP contribution in [0.25, 0.3) is 0 Å². The Labute approximate surface area is 109 Å². The molecule has 0 radical (unpaired) electrons. The van der Waals surface area contributed by atoms with Gasteiger partial charge in [-0.1, -0.05) is 26.0 Å². The Balaban J connectivity index is 2.53. The quantitative estimate of drug-likeness (QED) is 0.817. The van der Waals surface area contributed by atoms with Crippen LogP contribution in [0.15, 0.2) is 18.2 Å². The molecule has 1 rings (SSSR count). The summed E-state index contributed by atoms with van der Waals surface area (Å²) >= 11 is 0. The van der Waals surface area contributed by atoms with Crippen LogP contribution in [0.1, 0.15) is 19.4 Å². The third kappa shape index (κ3) is 3.96. The van der Waals surface area contributed by atoms with E-state index in [4.69, 9.17) is 0 Å². The van der Waals surface area contributed by atoms with Gasteiger partial charge in [0, 0.05) is 24.7 Å². The van der Waals surface area contributed by atoms with Gasteiger partial charge >= 0.3 is 0 Å². The number of nitrogens with one attached hydrogen (secondary N) is 1. The minimum Gasteiger partial charge on any atom is -0.505 e. The monoisotopic (exact) mass is 254 g/mol. The van der Waals surface area contributed by atoms with E-state index >= 15 is 0 Å². The van der Waals surface area contributed by atoms with Crippen molar-refractivity contribution >= 4 is 0 Å². The first kappa shape index (κ1) is 14.9. The van der Waals surface area contributed by atoms with Crippen LogP contribution in [0.4, 0.5) is 4.39 Å². The maximum absolute atomic E-state index is 13.1. The van der Waals surface area contributed by atoms with Gasteiger partial charge in [-0.2, -0.15) is 0 Å². The van der Waals surface area contributed by atoms with Crippen molar-refractivity contribution < 1.29 is 9.50 Å². The molecule has 0 saturated heterocycles. The van der Waals surface area contributed by atoms with Gasteiger partial charge in [0.1, 0.15) is 0 Å². The van der Waals surface area contributed by atoms with Crippen molar-refractivity contribution in [1.29, 1.82) is 0 Å². The maximum Gasteiger partial charge on any atom is 0.165 e. The van der Waals surface area contributed by atoms with Crippen LogP contribution in [-0.2, 0) is 6.54 Å². The number of aromatic hydroxyl groups is 1. The fraction of sp³-hybridized carbons (Fsp3) is 0.571. The Morgan fingerprint density at radius 1 is 1.33 bits per heavy atom. The second-order valence-corrected chi connectivity index (χ2v) is 5.15. The number of phenols is 1. The molecule has 1 atom stereocenters.